The van der Waals surface area contributed by atoms with Crippen molar-refractivity contribution < 1.29 is 18.0 Å². The summed E-state index contributed by atoms with van der Waals surface area (Å²) in [5.74, 6) is -0.503. The molecular formula is C25H27N3O4S. The normalized spacial score (nSPS) is 11.0. The molecule has 7 nitrogen and oxygen atoms in total. The van der Waals surface area contributed by atoms with Crippen LogP contribution in [0.3, 0.4) is 0 Å². The van der Waals surface area contributed by atoms with Crippen molar-refractivity contribution in [2.45, 2.75) is 32.1 Å². The highest BCUT2D eigenvalue weighted by molar-refractivity contribution is 7.92. The third-order valence-corrected chi connectivity index (χ3v) is 6.80. The van der Waals surface area contributed by atoms with Gasteiger partial charge < -0.3 is 10.6 Å². The van der Waals surface area contributed by atoms with Crippen molar-refractivity contribution in [3.8, 4) is 0 Å². The molecule has 3 aromatic rings. The first-order valence-electron chi connectivity index (χ1n) is 10.5. The number of nitrogens with zero attached hydrogens (tertiary/aromatic N) is 1. The van der Waals surface area contributed by atoms with Gasteiger partial charge in [-0.3, -0.25) is 13.9 Å². The molecule has 172 valence electrons. The lowest BCUT2D eigenvalue weighted by Crippen LogP contribution is -2.34. The topological polar surface area (TPSA) is 95.6 Å². The number of carbonyl (C=O) groups excluding carboxylic acids is 2. The molecule has 0 aliphatic heterocycles. The third-order valence-electron chi connectivity index (χ3n) is 4.96. The fourth-order valence-electron chi connectivity index (χ4n) is 3.20. The van der Waals surface area contributed by atoms with Gasteiger partial charge in [-0.25, -0.2) is 8.42 Å². The molecule has 3 aromatic carbocycles. The fourth-order valence-corrected chi connectivity index (χ4v) is 4.67. The molecule has 0 bridgehead atoms. The van der Waals surface area contributed by atoms with Crippen LogP contribution >= 0.6 is 0 Å². The summed E-state index contributed by atoms with van der Waals surface area (Å²) in [7, 11) is -3.86. The average molecular weight is 466 g/mol. The quantitative estimate of drug-likeness (QED) is 0.513. The maximum Gasteiger partial charge on any atom is 0.264 e. The summed E-state index contributed by atoms with van der Waals surface area (Å²) < 4.78 is 28.0. The Hall–Kier alpha value is -3.65. The molecule has 3 rings (SSSR count). The molecule has 0 aliphatic rings. The maximum atomic E-state index is 13.4. The van der Waals surface area contributed by atoms with E-state index >= 15 is 0 Å². The van der Waals surface area contributed by atoms with Crippen molar-refractivity contribution in [3.05, 3.63) is 83.9 Å². The first kappa shape index (κ1) is 24.0. The summed E-state index contributed by atoms with van der Waals surface area (Å²) in [6.07, 6.45) is -0.0353. The van der Waals surface area contributed by atoms with Crippen LogP contribution in [-0.4, -0.2) is 26.8 Å². The third kappa shape index (κ3) is 6.43. The van der Waals surface area contributed by atoms with Gasteiger partial charge in [0.05, 0.1) is 10.6 Å². The summed E-state index contributed by atoms with van der Waals surface area (Å²) >= 11 is 0. The highest BCUT2D eigenvalue weighted by Crippen LogP contribution is 2.25. The number of rotatable bonds is 8. The lowest BCUT2D eigenvalue weighted by atomic mass is 10.2. The summed E-state index contributed by atoms with van der Waals surface area (Å²) in [6, 6.07) is 20.5. The second-order valence-corrected chi connectivity index (χ2v) is 9.64. The van der Waals surface area contributed by atoms with Gasteiger partial charge in [-0.15, -0.1) is 0 Å². The summed E-state index contributed by atoms with van der Waals surface area (Å²) in [4.78, 5) is 23.9. The Bertz CT molecular complexity index is 1220. The largest absolute Gasteiger partial charge is 0.326 e. The Labute approximate surface area is 194 Å². The first-order valence-corrected chi connectivity index (χ1v) is 11.9. The number of hydrogen-bond acceptors (Lipinski definition) is 4. The van der Waals surface area contributed by atoms with Crippen LogP contribution in [0.5, 0.6) is 0 Å². The lowest BCUT2D eigenvalue weighted by molar-refractivity contribution is -0.116. The molecule has 0 aliphatic carbocycles. The molecule has 2 N–H and O–H groups in total. The number of anilines is 3. The summed E-state index contributed by atoms with van der Waals surface area (Å²) in [5.41, 5.74) is 3.63. The van der Waals surface area contributed by atoms with Crippen LogP contribution < -0.4 is 14.9 Å². The molecule has 0 aromatic heterocycles. The Morgan fingerprint density at radius 3 is 1.76 bits per heavy atom. The Morgan fingerprint density at radius 2 is 1.24 bits per heavy atom. The SMILES string of the molecule is CC(=O)Nc1ccc(NC(=O)CCN(c2ccc(C)cc2)S(=O)(=O)c2ccc(C)cc2)cc1. The van der Waals surface area contributed by atoms with Crippen LogP contribution in [0.1, 0.15) is 24.5 Å². The van der Waals surface area contributed by atoms with E-state index in [-0.39, 0.29) is 29.7 Å². The maximum absolute atomic E-state index is 13.4. The average Bonchev–Trinajstić information content (AvgIpc) is 2.76. The van der Waals surface area contributed by atoms with Crippen LogP contribution in [0.25, 0.3) is 0 Å². The molecule has 0 saturated heterocycles. The second kappa shape index (κ2) is 10.3. The number of carbonyl (C=O) groups is 2. The molecule has 0 atom stereocenters. The number of benzene rings is 3. The zero-order chi connectivity index (χ0) is 24.0. The van der Waals surface area contributed by atoms with Crippen LogP contribution in [0.15, 0.2) is 77.7 Å². The fraction of sp³-hybridized carbons (Fsp3) is 0.200. The Kier molecular flexibility index (Phi) is 7.50. The summed E-state index contributed by atoms with van der Waals surface area (Å²) in [5, 5.41) is 5.42. The summed E-state index contributed by atoms with van der Waals surface area (Å²) in [6.45, 7) is 5.21. The van der Waals surface area contributed by atoms with Crippen LogP contribution in [0.4, 0.5) is 17.1 Å². The number of sulfonamides is 1. The van der Waals surface area contributed by atoms with Gasteiger partial charge in [-0.1, -0.05) is 35.4 Å². The second-order valence-electron chi connectivity index (χ2n) is 7.78. The highest BCUT2D eigenvalue weighted by atomic mass is 32.2. The molecule has 2 amide bonds. The van der Waals surface area contributed by atoms with E-state index in [1.54, 1.807) is 60.7 Å². The van der Waals surface area contributed by atoms with Crippen molar-refractivity contribution in [2.24, 2.45) is 0 Å². The van der Waals surface area contributed by atoms with Crippen LogP contribution in [-0.2, 0) is 19.6 Å². The number of nitrogens with one attached hydrogen (secondary N) is 2. The molecule has 0 saturated carbocycles. The lowest BCUT2D eigenvalue weighted by Gasteiger charge is -2.24. The highest BCUT2D eigenvalue weighted by Gasteiger charge is 2.25. The number of aryl methyl sites for hydroxylation is 2. The van der Waals surface area contributed by atoms with Crippen LogP contribution in [0.2, 0.25) is 0 Å². The monoisotopic (exact) mass is 465 g/mol. The standard InChI is InChI=1S/C25H27N3O4S/c1-18-4-12-23(13-5-18)28(33(31,32)24-14-6-19(2)7-15-24)17-16-25(30)27-22-10-8-21(9-11-22)26-20(3)29/h4-15H,16-17H2,1-3H3,(H,26,29)(H,27,30). The van der Waals surface area contributed by atoms with E-state index in [1.807, 2.05) is 26.0 Å². The van der Waals surface area contributed by atoms with Crippen molar-refractivity contribution >= 4 is 38.9 Å². The van der Waals surface area contributed by atoms with E-state index in [4.69, 9.17) is 0 Å². The minimum atomic E-state index is -3.86. The van der Waals surface area contributed by atoms with Gasteiger partial charge in [0, 0.05) is 31.3 Å². The predicted octanol–water partition coefficient (Wildman–Crippen LogP) is 4.49. The van der Waals surface area contributed by atoms with Gasteiger partial charge >= 0.3 is 0 Å². The zero-order valence-corrected chi connectivity index (χ0v) is 19.6. The van der Waals surface area contributed by atoms with Crippen molar-refractivity contribution in [1.82, 2.24) is 0 Å². The van der Waals surface area contributed by atoms with Gasteiger partial charge in [-0.05, 0) is 62.4 Å². The molecule has 0 fully saturated rings. The van der Waals surface area contributed by atoms with E-state index in [2.05, 4.69) is 10.6 Å². The van der Waals surface area contributed by atoms with E-state index in [9.17, 15) is 18.0 Å². The Morgan fingerprint density at radius 1 is 0.758 bits per heavy atom. The van der Waals surface area contributed by atoms with Gasteiger partial charge in [0.1, 0.15) is 0 Å². The van der Waals surface area contributed by atoms with Crippen molar-refractivity contribution in [2.75, 3.05) is 21.5 Å². The molecular weight excluding hydrogens is 438 g/mol. The van der Waals surface area contributed by atoms with Gasteiger partial charge in [-0.2, -0.15) is 0 Å². The van der Waals surface area contributed by atoms with Crippen molar-refractivity contribution in [1.29, 1.82) is 0 Å². The van der Waals surface area contributed by atoms with Gasteiger partial charge in [0.25, 0.3) is 10.0 Å². The molecule has 33 heavy (non-hydrogen) atoms. The number of amides is 2. The van der Waals surface area contributed by atoms with E-state index in [1.165, 1.54) is 11.2 Å². The number of hydrogen-bond donors (Lipinski definition) is 2. The van der Waals surface area contributed by atoms with E-state index < -0.39 is 10.0 Å². The zero-order valence-electron chi connectivity index (χ0n) is 18.8. The van der Waals surface area contributed by atoms with Gasteiger partial charge in [0.15, 0.2) is 0 Å². The van der Waals surface area contributed by atoms with Gasteiger partial charge in [0.2, 0.25) is 11.8 Å². The minimum Gasteiger partial charge on any atom is -0.326 e. The Balaban J connectivity index is 1.76. The van der Waals surface area contributed by atoms with Crippen LogP contribution in [0, 0.1) is 13.8 Å². The molecule has 0 heterocycles. The molecule has 0 unspecified atom stereocenters. The molecule has 8 heteroatoms. The van der Waals surface area contributed by atoms with E-state index in [0.717, 1.165) is 11.1 Å². The smallest absolute Gasteiger partial charge is 0.264 e. The molecule has 0 spiro atoms. The minimum absolute atomic E-state index is 0.0188. The predicted molar refractivity (Wildman–Crippen MR) is 131 cm³/mol. The first-order chi connectivity index (χ1) is 15.6. The molecule has 0 radical (unpaired) electrons. The van der Waals surface area contributed by atoms with E-state index in [0.29, 0.717) is 17.1 Å². The van der Waals surface area contributed by atoms with Crippen molar-refractivity contribution in [3.63, 3.8) is 0 Å².